The Labute approximate surface area is 327 Å². The van der Waals surface area contributed by atoms with E-state index in [0.29, 0.717) is 0 Å². The van der Waals surface area contributed by atoms with Gasteiger partial charge in [0, 0.05) is 27.8 Å². The fourth-order valence-electron chi connectivity index (χ4n) is 7.76. The summed E-state index contributed by atoms with van der Waals surface area (Å²) in [5, 5.41) is 2.25. The van der Waals surface area contributed by atoms with Crippen LogP contribution in [-0.4, -0.2) is 0 Å². The third kappa shape index (κ3) is 6.44. The zero-order valence-corrected chi connectivity index (χ0v) is 30.7. The van der Waals surface area contributed by atoms with Gasteiger partial charge in [0.05, 0.1) is 0 Å². The lowest BCUT2D eigenvalue weighted by atomic mass is 9.97. The van der Waals surface area contributed by atoms with Crippen LogP contribution in [0.1, 0.15) is 0 Å². The number of fused-ring (bicyclic) bond motifs is 3. The van der Waals surface area contributed by atoms with Crippen LogP contribution in [0.3, 0.4) is 0 Å². The average molecular weight is 716 g/mol. The summed E-state index contributed by atoms with van der Waals surface area (Å²) < 4.78 is 6.27. The third-order valence-electron chi connectivity index (χ3n) is 10.7. The van der Waals surface area contributed by atoms with Crippen LogP contribution in [-0.2, 0) is 0 Å². The molecule has 56 heavy (non-hydrogen) atoms. The number of anilines is 3. The molecule has 1 heterocycles. The van der Waals surface area contributed by atoms with E-state index in [1.807, 2.05) is 0 Å². The van der Waals surface area contributed by atoms with Gasteiger partial charge in [0.2, 0.25) is 0 Å². The largest absolute Gasteiger partial charge is 0.456 e. The number of rotatable bonds is 8. The first-order valence-electron chi connectivity index (χ1n) is 19.1. The minimum atomic E-state index is 0.898. The molecule has 0 unspecified atom stereocenters. The Hall–Kier alpha value is -7.42. The van der Waals surface area contributed by atoms with Gasteiger partial charge in [-0.25, -0.2) is 0 Å². The number of hydrogen-bond acceptors (Lipinski definition) is 2. The molecule has 0 fully saturated rings. The normalized spacial score (nSPS) is 11.2. The van der Waals surface area contributed by atoms with Crippen molar-refractivity contribution >= 4 is 39.0 Å². The van der Waals surface area contributed by atoms with Crippen molar-refractivity contribution in [1.29, 1.82) is 0 Å². The molecule has 0 radical (unpaired) electrons. The van der Waals surface area contributed by atoms with Crippen LogP contribution < -0.4 is 4.90 Å². The number of benzene rings is 9. The van der Waals surface area contributed by atoms with Crippen molar-refractivity contribution in [3.05, 3.63) is 224 Å². The summed E-state index contributed by atoms with van der Waals surface area (Å²) >= 11 is 0. The van der Waals surface area contributed by atoms with Crippen molar-refractivity contribution < 1.29 is 4.42 Å². The number of furan rings is 1. The van der Waals surface area contributed by atoms with Gasteiger partial charge in [-0.15, -0.1) is 0 Å². The molecule has 0 bridgehead atoms. The molecule has 1 aromatic heterocycles. The molecule has 0 aliphatic heterocycles. The van der Waals surface area contributed by atoms with Crippen molar-refractivity contribution in [2.24, 2.45) is 0 Å². The zero-order valence-electron chi connectivity index (χ0n) is 30.7. The van der Waals surface area contributed by atoms with Crippen molar-refractivity contribution in [1.82, 2.24) is 0 Å². The molecule has 0 aliphatic carbocycles. The molecule has 0 spiro atoms. The standard InChI is InChI=1S/C54H37NO/c1-4-11-38(12-5-1)41-19-27-48(28-20-41)55(49-29-21-42(22-30-49)39-13-6-2-7-14-39)50-31-23-43(24-32-50)44-17-10-18-45(35-44)47-26-34-54-52(37-47)51-36-46(25-33-53(51)56-54)40-15-8-3-9-16-40/h1-37H. The second-order valence-electron chi connectivity index (χ2n) is 14.2. The van der Waals surface area contributed by atoms with Gasteiger partial charge in [0.15, 0.2) is 0 Å². The van der Waals surface area contributed by atoms with Crippen LogP contribution in [0.25, 0.3) is 77.6 Å². The maximum Gasteiger partial charge on any atom is 0.135 e. The Balaban J connectivity index is 0.979. The summed E-state index contributed by atoms with van der Waals surface area (Å²) in [5.74, 6) is 0. The van der Waals surface area contributed by atoms with E-state index >= 15 is 0 Å². The molecule has 0 atom stereocenters. The average Bonchev–Trinajstić information content (AvgIpc) is 3.65. The highest BCUT2D eigenvalue weighted by Gasteiger charge is 2.15. The third-order valence-corrected chi connectivity index (χ3v) is 10.7. The Kier molecular flexibility index (Phi) is 8.55. The van der Waals surface area contributed by atoms with Gasteiger partial charge in [0.1, 0.15) is 11.2 Å². The summed E-state index contributed by atoms with van der Waals surface area (Å²) in [6.07, 6.45) is 0. The predicted octanol–water partition coefficient (Wildman–Crippen LogP) is 15.4. The molecule has 0 aliphatic rings. The molecule has 2 nitrogen and oxygen atoms in total. The number of hydrogen-bond donors (Lipinski definition) is 0. The smallest absolute Gasteiger partial charge is 0.135 e. The molecule has 10 rings (SSSR count). The Morgan fingerprint density at radius 3 is 0.946 bits per heavy atom. The molecule has 10 aromatic rings. The molecule has 0 amide bonds. The van der Waals surface area contributed by atoms with E-state index in [2.05, 4.69) is 229 Å². The van der Waals surface area contributed by atoms with Crippen LogP contribution in [0.4, 0.5) is 17.1 Å². The SMILES string of the molecule is c1ccc(-c2ccc(N(c3ccc(-c4ccccc4)cc3)c3ccc(-c4cccc(-c5ccc6oc7ccc(-c8ccccc8)cc7c6c5)c4)cc3)cc2)cc1. The van der Waals surface area contributed by atoms with Crippen LogP contribution in [0, 0.1) is 0 Å². The van der Waals surface area contributed by atoms with Crippen molar-refractivity contribution in [2.45, 2.75) is 0 Å². The molecule has 9 aromatic carbocycles. The van der Waals surface area contributed by atoms with Crippen molar-refractivity contribution in [3.63, 3.8) is 0 Å². The van der Waals surface area contributed by atoms with Gasteiger partial charge in [-0.05, 0) is 122 Å². The first-order valence-corrected chi connectivity index (χ1v) is 19.1. The second-order valence-corrected chi connectivity index (χ2v) is 14.2. The summed E-state index contributed by atoms with van der Waals surface area (Å²) in [6, 6.07) is 80.0. The first-order chi connectivity index (χ1) is 27.7. The highest BCUT2D eigenvalue weighted by atomic mass is 16.3. The summed E-state index contributed by atoms with van der Waals surface area (Å²) in [5.41, 5.74) is 16.9. The predicted molar refractivity (Wildman–Crippen MR) is 236 cm³/mol. The van der Waals surface area contributed by atoms with E-state index in [4.69, 9.17) is 4.42 Å². The van der Waals surface area contributed by atoms with Gasteiger partial charge in [0.25, 0.3) is 0 Å². The minimum absolute atomic E-state index is 0.898. The maximum absolute atomic E-state index is 6.27. The Bertz CT molecular complexity index is 2830. The highest BCUT2D eigenvalue weighted by Crippen LogP contribution is 2.39. The molecule has 0 saturated carbocycles. The van der Waals surface area contributed by atoms with E-state index in [0.717, 1.165) is 50.1 Å². The zero-order chi connectivity index (χ0) is 37.3. The topological polar surface area (TPSA) is 16.4 Å². The van der Waals surface area contributed by atoms with Crippen LogP contribution in [0.5, 0.6) is 0 Å². The molecular formula is C54H37NO. The van der Waals surface area contributed by atoms with E-state index in [1.54, 1.807) is 0 Å². The molecule has 2 heteroatoms. The van der Waals surface area contributed by atoms with E-state index in [-0.39, 0.29) is 0 Å². The monoisotopic (exact) mass is 715 g/mol. The van der Waals surface area contributed by atoms with Crippen LogP contribution in [0.2, 0.25) is 0 Å². The van der Waals surface area contributed by atoms with E-state index in [9.17, 15) is 0 Å². The second kappa shape index (κ2) is 14.4. The lowest BCUT2D eigenvalue weighted by molar-refractivity contribution is 0.669. The lowest BCUT2D eigenvalue weighted by Gasteiger charge is -2.26. The summed E-state index contributed by atoms with van der Waals surface area (Å²) in [7, 11) is 0. The maximum atomic E-state index is 6.27. The lowest BCUT2D eigenvalue weighted by Crippen LogP contribution is -2.09. The number of nitrogens with zero attached hydrogens (tertiary/aromatic N) is 1. The molecular weight excluding hydrogens is 679 g/mol. The Morgan fingerprint density at radius 2 is 0.518 bits per heavy atom. The molecule has 264 valence electrons. The fraction of sp³-hybridized carbons (Fsp3) is 0. The summed E-state index contributed by atoms with van der Waals surface area (Å²) in [4.78, 5) is 2.33. The minimum Gasteiger partial charge on any atom is -0.456 e. The van der Waals surface area contributed by atoms with Crippen molar-refractivity contribution in [2.75, 3.05) is 4.90 Å². The van der Waals surface area contributed by atoms with Gasteiger partial charge >= 0.3 is 0 Å². The molecule has 0 saturated heterocycles. The highest BCUT2D eigenvalue weighted by molar-refractivity contribution is 6.07. The fourth-order valence-corrected chi connectivity index (χ4v) is 7.76. The molecule has 0 N–H and O–H groups in total. The van der Waals surface area contributed by atoms with Gasteiger partial charge in [-0.1, -0.05) is 158 Å². The van der Waals surface area contributed by atoms with E-state index in [1.165, 1.54) is 44.5 Å². The van der Waals surface area contributed by atoms with Gasteiger partial charge in [-0.3, -0.25) is 0 Å². The van der Waals surface area contributed by atoms with Gasteiger partial charge < -0.3 is 9.32 Å². The van der Waals surface area contributed by atoms with Crippen molar-refractivity contribution in [3.8, 4) is 55.6 Å². The van der Waals surface area contributed by atoms with Crippen LogP contribution >= 0.6 is 0 Å². The Morgan fingerprint density at radius 1 is 0.232 bits per heavy atom. The van der Waals surface area contributed by atoms with Crippen LogP contribution in [0.15, 0.2) is 229 Å². The summed E-state index contributed by atoms with van der Waals surface area (Å²) in [6.45, 7) is 0. The first kappa shape index (κ1) is 33.2. The van der Waals surface area contributed by atoms with E-state index < -0.39 is 0 Å². The van der Waals surface area contributed by atoms with Gasteiger partial charge in [-0.2, -0.15) is 0 Å². The quantitative estimate of drug-likeness (QED) is 0.156.